The number of benzene rings is 1. The van der Waals surface area contributed by atoms with Gasteiger partial charge >= 0.3 is 0 Å². The van der Waals surface area contributed by atoms with Crippen molar-refractivity contribution in [2.75, 3.05) is 6.61 Å². The van der Waals surface area contributed by atoms with Crippen LogP contribution in [0.25, 0.3) is 0 Å². The van der Waals surface area contributed by atoms with Crippen LogP contribution in [0.15, 0.2) is 24.3 Å². The topological polar surface area (TPSA) is 26.3 Å². The largest absolute Gasteiger partial charge is 0.370 e. The molecule has 1 aromatic rings. The third-order valence-electron chi connectivity index (χ3n) is 2.66. The molecule has 0 saturated carbocycles. The summed E-state index contributed by atoms with van der Waals surface area (Å²) in [5, 5.41) is 0. The lowest BCUT2D eigenvalue weighted by atomic mass is 9.84. The van der Waals surface area contributed by atoms with E-state index in [9.17, 15) is 4.79 Å². The summed E-state index contributed by atoms with van der Waals surface area (Å²) in [6, 6.07) is 7.67. The Hall–Kier alpha value is -1.15. The zero-order chi connectivity index (χ0) is 13.1. The quantitative estimate of drug-likeness (QED) is 0.744. The van der Waals surface area contributed by atoms with Crippen molar-refractivity contribution in [1.82, 2.24) is 0 Å². The number of hydrogen-bond acceptors (Lipinski definition) is 2. The summed E-state index contributed by atoms with van der Waals surface area (Å²) in [5.74, 6) is 0.0723. The molecule has 0 spiro atoms. The van der Waals surface area contributed by atoms with E-state index in [1.165, 1.54) is 0 Å². The van der Waals surface area contributed by atoms with E-state index < -0.39 is 0 Å². The SMILES string of the molecule is CCOC(C(=O)c1cccc(C)c1)C(C)(C)C. The molecule has 0 aliphatic carbocycles. The van der Waals surface area contributed by atoms with Gasteiger partial charge in [-0.05, 0) is 25.3 Å². The average molecular weight is 234 g/mol. The van der Waals surface area contributed by atoms with Gasteiger partial charge in [-0.2, -0.15) is 0 Å². The van der Waals surface area contributed by atoms with E-state index in [4.69, 9.17) is 4.74 Å². The molecule has 0 aliphatic heterocycles. The zero-order valence-corrected chi connectivity index (χ0v) is 11.4. The molecule has 0 aliphatic rings. The predicted octanol–water partition coefficient (Wildman–Crippen LogP) is 3.63. The van der Waals surface area contributed by atoms with Gasteiger partial charge in [-0.3, -0.25) is 4.79 Å². The van der Waals surface area contributed by atoms with E-state index in [0.717, 1.165) is 11.1 Å². The maximum atomic E-state index is 12.4. The Kier molecular flexibility index (Phi) is 4.47. The molecular weight excluding hydrogens is 212 g/mol. The first-order chi connectivity index (χ1) is 7.86. The number of ether oxygens (including phenoxy) is 1. The Labute approximate surface area is 104 Å². The molecule has 1 rings (SSSR count). The van der Waals surface area contributed by atoms with Crippen molar-refractivity contribution < 1.29 is 9.53 Å². The van der Waals surface area contributed by atoms with Gasteiger partial charge in [-0.25, -0.2) is 0 Å². The van der Waals surface area contributed by atoms with Gasteiger partial charge in [0.25, 0.3) is 0 Å². The highest BCUT2D eigenvalue weighted by Gasteiger charge is 2.32. The molecule has 0 amide bonds. The van der Waals surface area contributed by atoms with Gasteiger partial charge in [0.2, 0.25) is 0 Å². The van der Waals surface area contributed by atoms with Crippen LogP contribution in [0.2, 0.25) is 0 Å². The van der Waals surface area contributed by atoms with E-state index >= 15 is 0 Å². The van der Waals surface area contributed by atoms with Crippen LogP contribution in [0.3, 0.4) is 0 Å². The maximum absolute atomic E-state index is 12.4. The van der Waals surface area contributed by atoms with Gasteiger partial charge < -0.3 is 4.74 Å². The Morgan fingerprint density at radius 3 is 2.47 bits per heavy atom. The zero-order valence-electron chi connectivity index (χ0n) is 11.4. The third kappa shape index (κ3) is 3.67. The van der Waals surface area contributed by atoms with Crippen LogP contribution in [0.4, 0.5) is 0 Å². The van der Waals surface area contributed by atoms with E-state index in [1.54, 1.807) is 0 Å². The molecule has 0 radical (unpaired) electrons. The molecule has 2 nitrogen and oxygen atoms in total. The van der Waals surface area contributed by atoms with Gasteiger partial charge in [0.15, 0.2) is 5.78 Å². The highest BCUT2D eigenvalue weighted by Crippen LogP contribution is 2.25. The van der Waals surface area contributed by atoms with Crippen molar-refractivity contribution in [3.05, 3.63) is 35.4 Å². The van der Waals surface area contributed by atoms with E-state index in [0.29, 0.717) is 6.61 Å². The minimum absolute atomic E-state index is 0.0723. The lowest BCUT2D eigenvalue weighted by Crippen LogP contribution is -2.37. The van der Waals surface area contributed by atoms with Crippen LogP contribution in [-0.2, 0) is 4.74 Å². The van der Waals surface area contributed by atoms with Gasteiger partial charge in [0.1, 0.15) is 6.10 Å². The van der Waals surface area contributed by atoms with Crippen LogP contribution in [0.1, 0.15) is 43.6 Å². The van der Waals surface area contributed by atoms with E-state index in [1.807, 2.05) is 58.9 Å². The lowest BCUT2D eigenvalue weighted by molar-refractivity contribution is -0.000223. The number of carbonyl (C=O) groups excluding carboxylic acids is 1. The van der Waals surface area contributed by atoms with Crippen molar-refractivity contribution in [3.63, 3.8) is 0 Å². The Balaban J connectivity index is 3.00. The normalized spacial score (nSPS) is 13.5. The fourth-order valence-corrected chi connectivity index (χ4v) is 1.84. The smallest absolute Gasteiger partial charge is 0.192 e. The van der Waals surface area contributed by atoms with E-state index in [-0.39, 0.29) is 17.3 Å². The molecular formula is C15H22O2. The first kappa shape index (κ1) is 13.9. The predicted molar refractivity (Wildman–Crippen MR) is 70.4 cm³/mol. The summed E-state index contributed by atoms with van der Waals surface area (Å²) in [6.07, 6.45) is -0.380. The maximum Gasteiger partial charge on any atom is 0.192 e. The molecule has 1 unspecified atom stereocenters. The van der Waals surface area contributed by atoms with Gasteiger partial charge in [0, 0.05) is 12.2 Å². The van der Waals surface area contributed by atoms with Crippen LogP contribution >= 0.6 is 0 Å². The standard InChI is InChI=1S/C15H22O2/c1-6-17-14(15(3,4)5)13(16)12-9-7-8-11(2)10-12/h7-10,14H,6H2,1-5H3. The monoisotopic (exact) mass is 234 g/mol. The minimum atomic E-state index is -0.380. The number of carbonyl (C=O) groups is 1. The van der Waals surface area contributed by atoms with Crippen LogP contribution < -0.4 is 0 Å². The fourth-order valence-electron chi connectivity index (χ4n) is 1.84. The third-order valence-corrected chi connectivity index (χ3v) is 2.66. The second-order valence-corrected chi connectivity index (χ2v) is 5.44. The molecule has 0 fully saturated rings. The highest BCUT2D eigenvalue weighted by molar-refractivity contribution is 6.00. The summed E-state index contributed by atoms with van der Waals surface area (Å²) in [5.41, 5.74) is 1.65. The van der Waals surface area contributed by atoms with Gasteiger partial charge in [-0.15, -0.1) is 0 Å². The number of aryl methyl sites for hydroxylation is 1. The molecule has 17 heavy (non-hydrogen) atoms. The Morgan fingerprint density at radius 2 is 2.00 bits per heavy atom. The summed E-state index contributed by atoms with van der Waals surface area (Å²) in [4.78, 5) is 12.4. The number of rotatable bonds is 4. The van der Waals surface area contributed by atoms with Crippen molar-refractivity contribution in [2.24, 2.45) is 5.41 Å². The number of hydrogen-bond donors (Lipinski definition) is 0. The van der Waals surface area contributed by atoms with Crippen molar-refractivity contribution in [1.29, 1.82) is 0 Å². The first-order valence-electron chi connectivity index (χ1n) is 6.08. The van der Waals surface area contributed by atoms with Crippen molar-refractivity contribution in [2.45, 2.75) is 40.7 Å². The first-order valence-corrected chi connectivity index (χ1v) is 6.08. The molecule has 94 valence electrons. The van der Waals surface area contributed by atoms with Gasteiger partial charge in [0.05, 0.1) is 0 Å². The number of Topliss-reactive ketones (excluding diaryl/α,β-unsaturated/α-hetero) is 1. The molecule has 0 bridgehead atoms. The van der Waals surface area contributed by atoms with Crippen LogP contribution in [-0.4, -0.2) is 18.5 Å². The lowest BCUT2D eigenvalue weighted by Gasteiger charge is -2.29. The number of ketones is 1. The van der Waals surface area contributed by atoms with Gasteiger partial charge in [-0.1, -0.05) is 44.5 Å². The van der Waals surface area contributed by atoms with Crippen molar-refractivity contribution in [3.8, 4) is 0 Å². The Bertz CT molecular complexity index is 388. The summed E-state index contributed by atoms with van der Waals surface area (Å²) in [6.45, 7) is 10.5. The van der Waals surface area contributed by atoms with Crippen molar-refractivity contribution >= 4 is 5.78 Å². The van der Waals surface area contributed by atoms with Crippen LogP contribution in [0, 0.1) is 12.3 Å². The molecule has 0 saturated heterocycles. The Morgan fingerprint density at radius 1 is 1.35 bits per heavy atom. The summed E-state index contributed by atoms with van der Waals surface area (Å²) < 4.78 is 5.61. The van der Waals surface area contributed by atoms with E-state index in [2.05, 4.69) is 0 Å². The fraction of sp³-hybridized carbons (Fsp3) is 0.533. The molecule has 0 heterocycles. The molecule has 1 aromatic carbocycles. The molecule has 0 N–H and O–H groups in total. The molecule has 2 heteroatoms. The second kappa shape index (κ2) is 5.46. The molecule has 1 atom stereocenters. The second-order valence-electron chi connectivity index (χ2n) is 5.44. The molecule has 0 aromatic heterocycles. The highest BCUT2D eigenvalue weighted by atomic mass is 16.5. The summed E-state index contributed by atoms with van der Waals surface area (Å²) >= 11 is 0. The minimum Gasteiger partial charge on any atom is -0.370 e. The van der Waals surface area contributed by atoms with Crippen LogP contribution in [0.5, 0.6) is 0 Å². The summed E-state index contributed by atoms with van der Waals surface area (Å²) in [7, 11) is 0. The average Bonchev–Trinajstić information content (AvgIpc) is 2.23.